The topological polar surface area (TPSA) is 75.7 Å². The third-order valence-corrected chi connectivity index (χ3v) is 6.57. The number of hydrogen-bond donors (Lipinski definition) is 1. The second-order valence-corrected chi connectivity index (χ2v) is 8.80. The first kappa shape index (κ1) is 20.9. The van der Waals surface area contributed by atoms with Crippen molar-refractivity contribution in [2.75, 3.05) is 26.3 Å². The molecular formula is C19H30N2O4S. The van der Waals surface area contributed by atoms with E-state index in [1.54, 1.807) is 12.1 Å². The van der Waals surface area contributed by atoms with Crippen LogP contribution >= 0.6 is 0 Å². The lowest BCUT2D eigenvalue weighted by Gasteiger charge is -2.26. The molecule has 6 nitrogen and oxygen atoms in total. The average Bonchev–Trinajstić information content (AvgIpc) is 2.62. The summed E-state index contributed by atoms with van der Waals surface area (Å²) < 4.78 is 32.3. The molecule has 0 saturated carbocycles. The number of rotatable bonds is 8. The molecule has 0 unspecified atom stereocenters. The number of nitrogens with one attached hydrogen (secondary N) is 1. The molecule has 1 aromatic rings. The maximum Gasteiger partial charge on any atom is 0.251 e. The lowest BCUT2D eigenvalue weighted by atomic mass is 10.1. The Kier molecular flexibility index (Phi) is 7.61. The van der Waals surface area contributed by atoms with Gasteiger partial charge in [-0.3, -0.25) is 4.79 Å². The number of carbonyl (C=O) groups is 1. The molecule has 1 aliphatic heterocycles. The molecule has 1 N–H and O–H groups in total. The third-order valence-electron chi connectivity index (χ3n) is 4.68. The van der Waals surface area contributed by atoms with Gasteiger partial charge in [0, 0.05) is 24.7 Å². The Morgan fingerprint density at radius 3 is 2.62 bits per heavy atom. The van der Waals surface area contributed by atoms with E-state index >= 15 is 0 Å². The fourth-order valence-electron chi connectivity index (χ4n) is 3.02. The summed E-state index contributed by atoms with van der Waals surface area (Å²) in [5.41, 5.74) is 1.19. The van der Waals surface area contributed by atoms with Crippen LogP contribution in [-0.4, -0.2) is 51.0 Å². The van der Waals surface area contributed by atoms with E-state index in [9.17, 15) is 13.2 Å². The number of benzene rings is 1. The van der Waals surface area contributed by atoms with Gasteiger partial charge in [0.2, 0.25) is 10.0 Å². The van der Waals surface area contributed by atoms with Crippen molar-refractivity contribution < 1.29 is 17.9 Å². The second-order valence-electron chi connectivity index (χ2n) is 6.86. The Morgan fingerprint density at radius 2 is 1.96 bits per heavy atom. The van der Waals surface area contributed by atoms with Gasteiger partial charge < -0.3 is 10.1 Å². The first-order valence-electron chi connectivity index (χ1n) is 9.35. The van der Waals surface area contributed by atoms with Crippen molar-refractivity contribution in [1.82, 2.24) is 9.62 Å². The average molecular weight is 383 g/mol. The van der Waals surface area contributed by atoms with Crippen LogP contribution in [0.25, 0.3) is 0 Å². The molecule has 0 radical (unpaired) electrons. The highest BCUT2D eigenvalue weighted by Gasteiger charge is 2.27. The van der Waals surface area contributed by atoms with Gasteiger partial charge in [-0.05, 0) is 38.0 Å². The summed E-state index contributed by atoms with van der Waals surface area (Å²) in [6.07, 6.45) is 4.28. The van der Waals surface area contributed by atoms with Crippen LogP contribution in [0.1, 0.15) is 55.5 Å². The van der Waals surface area contributed by atoms with Gasteiger partial charge in [0.25, 0.3) is 5.91 Å². The van der Waals surface area contributed by atoms with Crippen molar-refractivity contribution in [1.29, 1.82) is 0 Å². The fraction of sp³-hybridized carbons (Fsp3) is 0.632. The fourth-order valence-corrected chi connectivity index (χ4v) is 4.45. The van der Waals surface area contributed by atoms with Gasteiger partial charge in [0.05, 0.1) is 18.1 Å². The van der Waals surface area contributed by atoms with E-state index < -0.39 is 10.0 Å². The van der Waals surface area contributed by atoms with E-state index in [-0.39, 0.29) is 16.8 Å². The predicted molar refractivity (Wildman–Crippen MR) is 102 cm³/mol. The summed E-state index contributed by atoms with van der Waals surface area (Å²) in [7, 11) is -3.61. The molecule has 0 aliphatic carbocycles. The second kappa shape index (κ2) is 9.48. The molecular weight excluding hydrogens is 352 g/mol. The van der Waals surface area contributed by atoms with E-state index in [0.717, 1.165) is 31.2 Å². The van der Waals surface area contributed by atoms with Crippen LogP contribution in [0.4, 0.5) is 0 Å². The lowest BCUT2D eigenvalue weighted by molar-refractivity contribution is 0.0730. The number of hydrogen-bond acceptors (Lipinski definition) is 4. The SMILES string of the molecule is CCCCC[C@H](C)NC(=O)c1cc(S(=O)(=O)N2CCOCC2)ccc1C. The van der Waals surface area contributed by atoms with Crippen LogP contribution in [0.15, 0.2) is 23.1 Å². The molecule has 1 saturated heterocycles. The Labute approximate surface area is 157 Å². The number of morpholine rings is 1. The Balaban J connectivity index is 2.14. The smallest absolute Gasteiger partial charge is 0.251 e. The number of nitrogens with zero attached hydrogens (tertiary/aromatic N) is 1. The normalized spacial score (nSPS) is 17.0. The highest BCUT2D eigenvalue weighted by molar-refractivity contribution is 7.89. The molecule has 1 fully saturated rings. The highest BCUT2D eigenvalue weighted by Crippen LogP contribution is 2.21. The van der Waals surface area contributed by atoms with Crippen LogP contribution < -0.4 is 5.32 Å². The monoisotopic (exact) mass is 382 g/mol. The van der Waals surface area contributed by atoms with Crippen LogP contribution in [0.3, 0.4) is 0 Å². The number of amides is 1. The third kappa shape index (κ3) is 5.28. The molecule has 1 atom stereocenters. The molecule has 1 heterocycles. The number of ether oxygens (including phenoxy) is 1. The minimum Gasteiger partial charge on any atom is -0.379 e. The van der Waals surface area contributed by atoms with Crippen molar-refractivity contribution in [3.05, 3.63) is 29.3 Å². The summed E-state index contributed by atoms with van der Waals surface area (Å²) in [4.78, 5) is 12.8. The molecule has 2 rings (SSSR count). The van der Waals surface area contributed by atoms with Crippen molar-refractivity contribution in [3.63, 3.8) is 0 Å². The van der Waals surface area contributed by atoms with Gasteiger partial charge in [0.15, 0.2) is 0 Å². The maximum absolute atomic E-state index is 12.8. The van der Waals surface area contributed by atoms with Crippen LogP contribution in [0, 0.1) is 6.92 Å². The molecule has 0 spiro atoms. The Bertz CT molecular complexity index is 712. The van der Waals surface area contributed by atoms with Gasteiger partial charge in [-0.1, -0.05) is 32.3 Å². The molecule has 26 heavy (non-hydrogen) atoms. The molecule has 0 bridgehead atoms. The van der Waals surface area contributed by atoms with E-state index in [2.05, 4.69) is 12.2 Å². The summed E-state index contributed by atoms with van der Waals surface area (Å²) in [6.45, 7) is 7.42. The minimum absolute atomic E-state index is 0.0629. The number of aryl methyl sites for hydroxylation is 1. The van der Waals surface area contributed by atoms with E-state index in [1.165, 1.54) is 10.4 Å². The van der Waals surface area contributed by atoms with E-state index in [1.807, 2.05) is 13.8 Å². The quantitative estimate of drug-likeness (QED) is 0.702. The summed E-state index contributed by atoms with van der Waals surface area (Å²) in [6, 6.07) is 4.83. The largest absolute Gasteiger partial charge is 0.379 e. The predicted octanol–water partition coefficient (Wildman–Crippen LogP) is 2.71. The van der Waals surface area contributed by atoms with Crippen LogP contribution in [-0.2, 0) is 14.8 Å². The highest BCUT2D eigenvalue weighted by atomic mass is 32.2. The zero-order chi connectivity index (χ0) is 19.2. The first-order chi connectivity index (χ1) is 12.4. The van der Waals surface area contributed by atoms with E-state index in [0.29, 0.717) is 31.9 Å². The number of unbranched alkanes of at least 4 members (excludes halogenated alkanes) is 2. The van der Waals surface area contributed by atoms with Gasteiger partial charge in [-0.2, -0.15) is 4.31 Å². The zero-order valence-corrected chi connectivity index (χ0v) is 16.8. The summed E-state index contributed by atoms with van der Waals surface area (Å²) in [5, 5.41) is 2.99. The van der Waals surface area contributed by atoms with Gasteiger partial charge in [0.1, 0.15) is 0 Å². The van der Waals surface area contributed by atoms with Crippen LogP contribution in [0.2, 0.25) is 0 Å². The first-order valence-corrected chi connectivity index (χ1v) is 10.8. The molecule has 0 aromatic heterocycles. The maximum atomic E-state index is 12.8. The van der Waals surface area contributed by atoms with Crippen molar-refractivity contribution >= 4 is 15.9 Å². The Morgan fingerprint density at radius 1 is 1.27 bits per heavy atom. The molecule has 1 amide bonds. The van der Waals surface area contributed by atoms with Crippen molar-refractivity contribution in [3.8, 4) is 0 Å². The zero-order valence-electron chi connectivity index (χ0n) is 16.0. The Hall–Kier alpha value is -1.44. The minimum atomic E-state index is -3.61. The van der Waals surface area contributed by atoms with Crippen LogP contribution in [0.5, 0.6) is 0 Å². The van der Waals surface area contributed by atoms with Gasteiger partial charge in [-0.25, -0.2) is 8.42 Å². The van der Waals surface area contributed by atoms with E-state index in [4.69, 9.17) is 4.74 Å². The van der Waals surface area contributed by atoms with Crippen molar-refractivity contribution in [2.45, 2.75) is 57.4 Å². The summed E-state index contributed by atoms with van der Waals surface area (Å²) >= 11 is 0. The van der Waals surface area contributed by atoms with Gasteiger partial charge in [-0.15, -0.1) is 0 Å². The summed E-state index contributed by atoms with van der Waals surface area (Å²) in [5.74, 6) is -0.217. The molecule has 1 aromatic carbocycles. The standard InChI is InChI=1S/C19H30N2O4S/c1-4-5-6-7-16(3)20-19(22)18-14-17(9-8-15(18)2)26(23,24)21-10-12-25-13-11-21/h8-9,14,16H,4-7,10-13H2,1-3H3,(H,20,22)/t16-/m0/s1. The molecule has 1 aliphatic rings. The number of sulfonamides is 1. The lowest BCUT2D eigenvalue weighted by Crippen LogP contribution is -2.40. The number of carbonyl (C=O) groups excluding carboxylic acids is 1. The van der Waals surface area contributed by atoms with Crippen molar-refractivity contribution in [2.24, 2.45) is 0 Å². The molecule has 7 heteroatoms. The molecule has 146 valence electrons. The van der Waals surface area contributed by atoms with Gasteiger partial charge >= 0.3 is 0 Å².